The van der Waals surface area contributed by atoms with Crippen LogP contribution in [0.4, 0.5) is 0 Å². The molecule has 0 amide bonds. The van der Waals surface area contributed by atoms with Gasteiger partial charge in [-0.25, -0.2) is 0 Å². The fraction of sp³-hybridized carbons (Fsp3) is 1.00. The molecule has 0 aromatic heterocycles. The van der Waals surface area contributed by atoms with Crippen LogP contribution in [0.2, 0.25) is 0 Å². The molecule has 0 aliphatic heterocycles. The van der Waals surface area contributed by atoms with Gasteiger partial charge in [0.2, 0.25) is 0 Å². The van der Waals surface area contributed by atoms with E-state index in [1.807, 2.05) is 0 Å². The topological polar surface area (TPSA) is 12.0 Å². The summed E-state index contributed by atoms with van der Waals surface area (Å²) in [5.41, 5.74) is 0. The Morgan fingerprint density at radius 1 is 1.17 bits per heavy atom. The van der Waals surface area contributed by atoms with Gasteiger partial charge in [0.1, 0.15) is 0 Å². The van der Waals surface area contributed by atoms with Gasteiger partial charge in [0.05, 0.1) is 0 Å². The Morgan fingerprint density at radius 3 is 1.50 bits per heavy atom. The maximum atomic E-state index is 3.11. The van der Waals surface area contributed by atoms with E-state index in [-0.39, 0.29) is 17.1 Å². The Labute approximate surface area is 50.0 Å². The van der Waals surface area contributed by atoms with Crippen LogP contribution in [0.3, 0.4) is 0 Å². The van der Waals surface area contributed by atoms with Crippen LogP contribution in [0.5, 0.6) is 0 Å². The maximum Gasteiger partial charge on any atom is 2.00 e. The minimum atomic E-state index is 0. The summed E-state index contributed by atoms with van der Waals surface area (Å²) in [7, 11) is 0. The molecule has 0 fully saturated rings. The van der Waals surface area contributed by atoms with E-state index in [2.05, 4.69) is 19.2 Å². The molecule has 0 rings (SSSR count). The summed E-state index contributed by atoms with van der Waals surface area (Å²) in [6.45, 7) is 6.39. The first-order valence-electron chi connectivity index (χ1n) is 2.12. The van der Waals surface area contributed by atoms with Gasteiger partial charge < -0.3 is 5.32 Å². The summed E-state index contributed by atoms with van der Waals surface area (Å²) in [5.74, 6) is 0. The maximum absolute atomic E-state index is 3.11. The Balaban J connectivity index is 0. The predicted molar refractivity (Wildman–Crippen MR) is 24.2 cm³/mol. The smallest absolute Gasteiger partial charge is 0.317 e. The van der Waals surface area contributed by atoms with Crippen molar-refractivity contribution in [2.75, 3.05) is 13.1 Å². The average molecular weight is 137 g/mol. The molecule has 0 spiro atoms. The Kier molecular flexibility index (Phi) is 14.7. The zero-order valence-electron chi connectivity index (χ0n) is 4.22. The molecule has 0 aromatic rings. The van der Waals surface area contributed by atoms with Crippen molar-refractivity contribution in [3.8, 4) is 0 Å². The van der Waals surface area contributed by atoms with E-state index in [4.69, 9.17) is 0 Å². The molecule has 2 heteroatoms. The number of hydrogen-bond donors (Lipinski definition) is 1. The molecule has 6 heavy (non-hydrogen) atoms. The summed E-state index contributed by atoms with van der Waals surface area (Å²) in [5, 5.41) is 3.11. The molecule has 1 radical (unpaired) electrons. The van der Waals surface area contributed by atoms with Crippen LogP contribution < -0.4 is 5.32 Å². The van der Waals surface area contributed by atoms with E-state index >= 15 is 0 Å². The third kappa shape index (κ3) is 8.82. The van der Waals surface area contributed by atoms with E-state index in [1.165, 1.54) is 0 Å². The van der Waals surface area contributed by atoms with Gasteiger partial charge in [-0.2, -0.15) is 0 Å². The Hall–Kier alpha value is 0.479. The zero-order valence-corrected chi connectivity index (χ0v) is 5.16. The molecule has 0 bridgehead atoms. The molecular weight excluding hydrogens is 126 g/mol. The van der Waals surface area contributed by atoms with E-state index in [1.54, 1.807) is 0 Å². The van der Waals surface area contributed by atoms with Crippen LogP contribution >= 0.6 is 0 Å². The number of hydrogen-bond acceptors (Lipinski definition) is 1. The van der Waals surface area contributed by atoms with Crippen molar-refractivity contribution in [3.05, 3.63) is 0 Å². The minimum absolute atomic E-state index is 0. The third-order valence-electron chi connectivity index (χ3n) is 0.500. The van der Waals surface area contributed by atoms with Crippen molar-refractivity contribution in [2.45, 2.75) is 13.8 Å². The van der Waals surface area contributed by atoms with Gasteiger partial charge in [0, 0.05) is 0 Å². The molecule has 0 heterocycles. The van der Waals surface area contributed by atoms with Crippen LogP contribution in [0.15, 0.2) is 0 Å². The summed E-state index contributed by atoms with van der Waals surface area (Å²) in [4.78, 5) is 0. The van der Waals surface area contributed by atoms with Crippen molar-refractivity contribution >= 4 is 0 Å². The fourth-order valence-corrected chi connectivity index (χ4v) is 0.250. The first-order valence-corrected chi connectivity index (χ1v) is 2.12. The summed E-state index contributed by atoms with van der Waals surface area (Å²) in [6.07, 6.45) is 0. The summed E-state index contributed by atoms with van der Waals surface area (Å²) in [6, 6.07) is 0. The normalized spacial score (nSPS) is 7.00. The van der Waals surface area contributed by atoms with Gasteiger partial charge >= 0.3 is 17.1 Å². The SMILES string of the molecule is CCNCC.[Cu+2]. The predicted octanol–water partition coefficient (Wildman–Crippen LogP) is 0.613. The number of nitrogens with one attached hydrogen (secondary N) is 1. The monoisotopic (exact) mass is 136 g/mol. The standard InChI is InChI=1S/C4H11N.Cu/c1-3-5-4-2;/h5H,3-4H2,1-2H3;/q;+2. The van der Waals surface area contributed by atoms with Crippen LogP contribution in [0.25, 0.3) is 0 Å². The Morgan fingerprint density at radius 2 is 1.50 bits per heavy atom. The molecule has 0 unspecified atom stereocenters. The molecular formula is C4H11CuN+2. The van der Waals surface area contributed by atoms with E-state index < -0.39 is 0 Å². The Bertz CT molecular complexity index is 15.0. The second kappa shape index (κ2) is 9.08. The first-order chi connectivity index (χ1) is 2.41. The molecule has 0 aliphatic rings. The second-order valence-corrected chi connectivity index (χ2v) is 0.957. The largest absolute Gasteiger partial charge is 2.00 e. The fourth-order valence-electron chi connectivity index (χ4n) is 0.250. The van der Waals surface area contributed by atoms with Gasteiger partial charge in [-0.15, -0.1) is 0 Å². The summed E-state index contributed by atoms with van der Waals surface area (Å²) < 4.78 is 0. The van der Waals surface area contributed by atoms with Gasteiger partial charge in [0.15, 0.2) is 0 Å². The van der Waals surface area contributed by atoms with E-state index in [0.717, 1.165) is 13.1 Å². The van der Waals surface area contributed by atoms with Gasteiger partial charge in [-0.3, -0.25) is 0 Å². The van der Waals surface area contributed by atoms with E-state index in [9.17, 15) is 0 Å². The van der Waals surface area contributed by atoms with E-state index in [0.29, 0.717) is 0 Å². The third-order valence-corrected chi connectivity index (χ3v) is 0.500. The molecule has 1 nitrogen and oxygen atoms in total. The second-order valence-electron chi connectivity index (χ2n) is 0.957. The van der Waals surface area contributed by atoms with Gasteiger partial charge in [-0.05, 0) is 13.1 Å². The zero-order chi connectivity index (χ0) is 4.12. The molecule has 0 atom stereocenters. The van der Waals surface area contributed by atoms with Crippen molar-refractivity contribution in [1.82, 2.24) is 5.32 Å². The summed E-state index contributed by atoms with van der Waals surface area (Å²) >= 11 is 0. The van der Waals surface area contributed by atoms with Crippen LogP contribution in [0, 0.1) is 0 Å². The first kappa shape index (κ1) is 9.70. The van der Waals surface area contributed by atoms with Gasteiger partial charge in [-0.1, -0.05) is 13.8 Å². The van der Waals surface area contributed by atoms with Crippen LogP contribution in [0.1, 0.15) is 13.8 Å². The number of rotatable bonds is 2. The minimum Gasteiger partial charge on any atom is -0.317 e. The van der Waals surface area contributed by atoms with Crippen molar-refractivity contribution in [3.63, 3.8) is 0 Å². The molecule has 1 N–H and O–H groups in total. The van der Waals surface area contributed by atoms with Gasteiger partial charge in [0.25, 0.3) is 0 Å². The quantitative estimate of drug-likeness (QED) is 0.549. The van der Waals surface area contributed by atoms with Crippen LogP contribution in [-0.4, -0.2) is 13.1 Å². The molecule has 0 aromatic carbocycles. The van der Waals surface area contributed by atoms with Crippen molar-refractivity contribution in [1.29, 1.82) is 0 Å². The molecule has 0 saturated carbocycles. The van der Waals surface area contributed by atoms with Crippen molar-refractivity contribution < 1.29 is 17.1 Å². The average Bonchev–Trinajstić information content (AvgIpc) is 1.41. The molecule has 41 valence electrons. The molecule has 0 aliphatic carbocycles. The van der Waals surface area contributed by atoms with Crippen molar-refractivity contribution in [2.24, 2.45) is 0 Å². The van der Waals surface area contributed by atoms with Crippen LogP contribution in [-0.2, 0) is 17.1 Å². The molecule has 0 saturated heterocycles.